The van der Waals surface area contributed by atoms with Gasteiger partial charge in [-0.05, 0) is 24.6 Å². The van der Waals surface area contributed by atoms with Crippen LogP contribution in [0.1, 0.15) is 33.2 Å². The maximum Gasteiger partial charge on any atom is 0.329 e. The molecule has 0 fully saturated rings. The zero-order valence-corrected chi connectivity index (χ0v) is 16.8. The number of carbonyl (C=O) groups excluding carboxylic acids is 4. The summed E-state index contributed by atoms with van der Waals surface area (Å²) < 4.78 is 4.96. The lowest BCUT2D eigenvalue weighted by atomic mass is 10.1. The second kappa shape index (κ2) is 8.63. The Hall–Kier alpha value is -2.90. The van der Waals surface area contributed by atoms with Gasteiger partial charge in [0, 0.05) is 6.54 Å². The predicted molar refractivity (Wildman–Crippen MR) is 106 cm³/mol. The number of benzene rings is 2. The number of fused-ring (bicyclic) bond motifs is 1. The van der Waals surface area contributed by atoms with E-state index in [1.54, 1.807) is 0 Å². The summed E-state index contributed by atoms with van der Waals surface area (Å²) in [5, 5.41) is 2.86. The Morgan fingerprint density at radius 3 is 2.14 bits per heavy atom. The Morgan fingerprint density at radius 2 is 1.59 bits per heavy atom. The normalized spacial score (nSPS) is 13.8. The van der Waals surface area contributed by atoms with Gasteiger partial charge in [0.15, 0.2) is 6.61 Å². The van der Waals surface area contributed by atoms with Crippen LogP contribution in [0.25, 0.3) is 0 Å². The zero-order valence-electron chi connectivity index (χ0n) is 15.3. The van der Waals surface area contributed by atoms with E-state index in [9.17, 15) is 19.2 Å². The first-order valence-electron chi connectivity index (χ1n) is 8.63. The van der Waals surface area contributed by atoms with E-state index in [0.29, 0.717) is 0 Å². The minimum absolute atomic E-state index is 0.0599. The van der Waals surface area contributed by atoms with E-state index in [1.807, 2.05) is 30.3 Å². The molecule has 3 rings (SSSR count). The van der Waals surface area contributed by atoms with Gasteiger partial charge in [-0.15, -0.1) is 0 Å². The smallest absolute Gasteiger partial charge is 0.329 e. The Kier molecular flexibility index (Phi) is 6.20. The number of nitrogens with one attached hydrogen (secondary N) is 1. The van der Waals surface area contributed by atoms with Crippen molar-refractivity contribution in [3.8, 4) is 0 Å². The van der Waals surface area contributed by atoms with Gasteiger partial charge in [0.05, 0.1) is 21.2 Å². The molecule has 0 radical (unpaired) electrons. The number of rotatable bonds is 6. The molecule has 0 bridgehead atoms. The number of esters is 1. The molecule has 7 nitrogen and oxygen atoms in total. The van der Waals surface area contributed by atoms with E-state index in [-0.39, 0.29) is 27.7 Å². The fourth-order valence-corrected chi connectivity index (χ4v) is 3.14. The molecule has 1 unspecified atom stereocenters. The fourth-order valence-electron chi connectivity index (χ4n) is 2.81. The van der Waals surface area contributed by atoms with E-state index in [1.165, 1.54) is 19.1 Å². The number of hydrogen-bond donors (Lipinski definition) is 1. The SMILES string of the molecule is CC(C(=O)OCC(=O)NCc1ccccc1)N1C(=O)c2cc(Cl)c(Cl)cc2C1=O. The van der Waals surface area contributed by atoms with Gasteiger partial charge in [0.2, 0.25) is 0 Å². The lowest BCUT2D eigenvalue weighted by molar-refractivity contribution is -0.151. The van der Waals surface area contributed by atoms with Crippen LogP contribution >= 0.6 is 23.2 Å². The lowest BCUT2D eigenvalue weighted by Crippen LogP contribution is -2.44. The second-order valence-electron chi connectivity index (χ2n) is 6.34. The van der Waals surface area contributed by atoms with Crippen LogP contribution in [-0.4, -0.2) is 41.2 Å². The number of halogens is 2. The summed E-state index contributed by atoms with van der Waals surface area (Å²) in [6.45, 7) is 1.10. The van der Waals surface area contributed by atoms with Gasteiger partial charge < -0.3 is 10.1 Å². The number of amides is 3. The third-order valence-corrected chi connectivity index (χ3v) is 5.09. The van der Waals surface area contributed by atoms with Crippen molar-refractivity contribution in [2.24, 2.45) is 0 Å². The highest BCUT2D eigenvalue weighted by atomic mass is 35.5. The van der Waals surface area contributed by atoms with Gasteiger partial charge in [-0.2, -0.15) is 0 Å². The maximum atomic E-state index is 12.5. The van der Waals surface area contributed by atoms with E-state index >= 15 is 0 Å². The predicted octanol–water partition coefficient (Wildman–Crippen LogP) is 2.84. The zero-order chi connectivity index (χ0) is 21.1. The number of imide groups is 1. The van der Waals surface area contributed by atoms with Crippen LogP contribution in [0, 0.1) is 0 Å². The third-order valence-electron chi connectivity index (χ3n) is 4.37. The van der Waals surface area contributed by atoms with E-state index < -0.39 is 36.3 Å². The second-order valence-corrected chi connectivity index (χ2v) is 7.15. The van der Waals surface area contributed by atoms with Crippen LogP contribution in [0.2, 0.25) is 10.0 Å². The molecule has 1 N–H and O–H groups in total. The van der Waals surface area contributed by atoms with Crippen molar-refractivity contribution in [3.05, 3.63) is 69.2 Å². The van der Waals surface area contributed by atoms with Crippen molar-refractivity contribution in [3.63, 3.8) is 0 Å². The van der Waals surface area contributed by atoms with Crippen LogP contribution in [0.4, 0.5) is 0 Å². The molecule has 29 heavy (non-hydrogen) atoms. The monoisotopic (exact) mass is 434 g/mol. The summed E-state index contributed by atoms with van der Waals surface area (Å²) in [5.41, 5.74) is 1.01. The number of carbonyl (C=O) groups is 4. The van der Waals surface area contributed by atoms with E-state index in [4.69, 9.17) is 27.9 Å². The standard InChI is InChI=1S/C20H16Cl2N2O5/c1-11(20(28)29-10-17(25)23-9-12-5-3-2-4-6-12)24-18(26)13-7-15(21)16(22)8-14(13)19(24)27/h2-8,11H,9-10H2,1H3,(H,23,25). The molecule has 2 aromatic carbocycles. The molecule has 1 heterocycles. The number of ether oxygens (including phenoxy) is 1. The maximum absolute atomic E-state index is 12.5. The molecular weight excluding hydrogens is 419 g/mol. The Labute approximate surface area is 176 Å². The summed E-state index contributed by atoms with van der Waals surface area (Å²) in [5.74, 6) is -2.75. The Morgan fingerprint density at radius 1 is 1.03 bits per heavy atom. The van der Waals surface area contributed by atoms with Crippen LogP contribution in [0.3, 0.4) is 0 Å². The van der Waals surface area contributed by atoms with Gasteiger partial charge in [-0.3, -0.25) is 19.3 Å². The molecule has 0 aromatic heterocycles. The average Bonchev–Trinajstić information content (AvgIpc) is 2.95. The van der Waals surface area contributed by atoms with E-state index in [2.05, 4.69) is 5.32 Å². The molecule has 1 atom stereocenters. The first kappa shape index (κ1) is 20.8. The molecule has 0 spiro atoms. The third kappa shape index (κ3) is 4.41. The van der Waals surface area contributed by atoms with Crippen molar-refractivity contribution in [1.29, 1.82) is 0 Å². The molecule has 9 heteroatoms. The van der Waals surface area contributed by atoms with Crippen LogP contribution < -0.4 is 5.32 Å². The summed E-state index contributed by atoms with van der Waals surface area (Å²) in [6, 6.07) is 10.6. The molecule has 3 amide bonds. The molecular formula is C20H16Cl2N2O5. The molecule has 2 aromatic rings. The van der Waals surface area contributed by atoms with Crippen molar-refractivity contribution >= 4 is 46.9 Å². The highest BCUT2D eigenvalue weighted by Gasteiger charge is 2.42. The first-order chi connectivity index (χ1) is 13.8. The van der Waals surface area contributed by atoms with Crippen LogP contribution in [0.15, 0.2) is 42.5 Å². The Bertz CT molecular complexity index is 953. The summed E-state index contributed by atoms with van der Waals surface area (Å²) in [4.78, 5) is 50.0. The van der Waals surface area contributed by atoms with Gasteiger partial charge in [0.1, 0.15) is 6.04 Å². The number of hydrogen-bond acceptors (Lipinski definition) is 5. The van der Waals surface area contributed by atoms with Gasteiger partial charge in [-0.25, -0.2) is 4.79 Å². The highest BCUT2D eigenvalue weighted by molar-refractivity contribution is 6.43. The van der Waals surface area contributed by atoms with Crippen molar-refractivity contribution in [2.75, 3.05) is 6.61 Å². The molecule has 0 aliphatic carbocycles. The summed E-state index contributed by atoms with van der Waals surface area (Å²) in [6.07, 6.45) is 0. The molecule has 1 aliphatic heterocycles. The van der Waals surface area contributed by atoms with Crippen molar-refractivity contribution in [2.45, 2.75) is 19.5 Å². The molecule has 150 valence electrons. The first-order valence-corrected chi connectivity index (χ1v) is 9.39. The number of nitrogens with zero attached hydrogens (tertiary/aromatic N) is 1. The molecule has 1 aliphatic rings. The Balaban J connectivity index is 1.58. The van der Waals surface area contributed by atoms with Crippen LogP contribution in [-0.2, 0) is 20.9 Å². The van der Waals surface area contributed by atoms with Gasteiger partial charge in [0.25, 0.3) is 17.7 Å². The highest BCUT2D eigenvalue weighted by Crippen LogP contribution is 2.32. The molecule has 0 saturated heterocycles. The van der Waals surface area contributed by atoms with E-state index in [0.717, 1.165) is 10.5 Å². The lowest BCUT2D eigenvalue weighted by Gasteiger charge is -2.20. The quantitative estimate of drug-likeness (QED) is 0.557. The fraction of sp³-hybridized carbons (Fsp3) is 0.200. The largest absolute Gasteiger partial charge is 0.454 e. The minimum Gasteiger partial charge on any atom is -0.454 e. The van der Waals surface area contributed by atoms with Crippen molar-refractivity contribution < 1.29 is 23.9 Å². The minimum atomic E-state index is -1.22. The van der Waals surface area contributed by atoms with Crippen LogP contribution in [0.5, 0.6) is 0 Å². The summed E-state index contributed by atoms with van der Waals surface area (Å²) >= 11 is 11.8. The van der Waals surface area contributed by atoms with Gasteiger partial charge in [-0.1, -0.05) is 53.5 Å². The molecule has 0 saturated carbocycles. The van der Waals surface area contributed by atoms with Gasteiger partial charge >= 0.3 is 5.97 Å². The van der Waals surface area contributed by atoms with Crippen molar-refractivity contribution in [1.82, 2.24) is 10.2 Å². The summed E-state index contributed by atoms with van der Waals surface area (Å²) in [7, 11) is 0. The average molecular weight is 435 g/mol. The topological polar surface area (TPSA) is 92.8 Å².